The average molecular weight is 355 g/mol. The van der Waals surface area contributed by atoms with E-state index >= 15 is 0 Å². The lowest BCUT2D eigenvalue weighted by atomic mass is 10.1. The lowest BCUT2D eigenvalue weighted by molar-refractivity contribution is 0.0951. The molecule has 5 nitrogen and oxygen atoms in total. The summed E-state index contributed by atoms with van der Waals surface area (Å²) in [6, 6.07) is 11.3. The van der Waals surface area contributed by atoms with Crippen molar-refractivity contribution in [3.8, 4) is 0 Å². The summed E-state index contributed by atoms with van der Waals surface area (Å²) in [5, 5.41) is 8.03. The number of aryl methyl sites for hydroxylation is 1. The van der Waals surface area contributed by atoms with E-state index in [2.05, 4.69) is 15.4 Å². The van der Waals surface area contributed by atoms with Crippen molar-refractivity contribution in [3.05, 3.63) is 81.9 Å². The standard InChI is InChI=1S/C19H19ClN4O/c1-13-18(20)14(2)24(23-13)12-16-3-5-17(6-4-16)19(25)22-11-15-7-9-21-10-8-15/h3-10H,11-12H2,1-2H3,(H,22,25). The maximum Gasteiger partial charge on any atom is 0.251 e. The van der Waals surface area contributed by atoms with Crippen LogP contribution in [-0.2, 0) is 13.1 Å². The number of aromatic nitrogens is 3. The van der Waals surface area contributed by atoms with Crippen LogP contribution in [0.1, 0.15) is 32.9 Å². The monoisotopic (exact) mass is 354 g/mol. The van der Waals surface area contributed by atoms with Crippen LogP contribution in [0.2, 0.25) is 5.02 Å². The van der Waals surface area contributed by atoms with Crippen molar-refractivity contribution in [2.45, 2.75) is 26.9 Å². The molecule has 1 N–H and O–H groups in total. The van der Waals surface area contributed by atoms with Gasteiger partial charge in [-0.05, 0) is 49.2 Å². The van der Waals surface area contributed by atoms with Gasteiger partial charge in [-0.25, -0.2) is 0 Å². The van der Waals surface area contributed by atoms with E-state index in [1.54, 1.807) is 12.4 Å². The quantitative estimate of drug-likeness (QED) is 0.762. The Balaban J connectivity index is 1.63. The van der Waals surface area contributed by atoms with E-state index in [1.165, 1.54) is 0 Å². The maximum atomic E-state index is 12.2. The van der Waals surface area contributed by atoms with Gasteiger partial charge in [0.15, 0.2) is 0 Å². The highest BCUT2D eigenvalue weighted by Crippen LogP contribution is 2.20. The molecule has 0 aliphatic heterocycles. The molecule has 0 radical (unpaired) electrons. The number of carbonyl (C=O) groups is 1. The summed E-state index contributed by atoms with van der Waals surface area (Å²) in [5.41, 5.74) is 4.48. The number of amides is 1. The number of benzene rings is 1. The minimum atomic E-state index is -0.0995. The van der Waals surface area contributed by atoms with Gasteiger partial charge in [0.05, 0.1) is 23.0 Å². The third-order valence-electron chi connectivity index (χ3n) is 4.04. The molecule has 2 heterocycles. The van der Waals surface area contributed by atoms with E-state index in [1.807, 2.05) is 54.9 Å². The van der Waals surface area contributed by atoms with Crippen LogP contribution in [0, 0.1) is 13.8 Å². The molecule has 0 aliphatic carbocycles. The Kier molecular flexibility index (Phi) is 5.14. The van der Waals surface area contributed by atoms with Crippen LogP contribution in [0.5, 0.6) is 0 Å². The molecule has 0 atom stereocenters. The number of hydrogen-bond donors (Lipinski definition) is 1. The molecule has 0 spiro atoms. The van der Waals surface area contributed by atoms with E-state index < -0.39 is 0 Å². The zero-order valence-electron chi connectivity index (χ0n) is 14.2. The van der Waals surface area contributed by atoms with E-state index in [0.29, 0.717) is 23.7 Å². The van der Waals surface area contributed by atoms with Gasteiger partial charge >= 0.3 is 0 Å². The smallest absolute Gasteiger partial charge is 0.251 e. The maximum absolute atomic E-state index is 12.2. The Bertz CT molecular complexity index is 872. The van der Waals surface area contributed by atoms with Gasteiger partial charge < -0.3 is 5.32 Å². The van der Waals surface area contributed by atoms with Gasteiger partial charge in [0.1, 0.15) is 0 Å². The minimum Gasteiger partial charge on any atom is -0.348 e. The first kappa shape index (κ1) is 17.2. The Morgan fingerprint density at radius 2 is 1.76 bits per heavy atom. The molecule has 0 aliphatic rings. The molecule has 0 fully saturated rings. The fraction of sp³-hybridized carbons (Fsp3) is 0.211. The number of pyridine rings is 1. The lowest BCUT2D eigenvalue weighted by Gasteiger charge is -2.08. The van der Waals surface area contributed by atoms with Crippen molar-refractivity contribution in [2.75, 3.05) is 0 Å². The number of rotatable bonds is 5. The molecule has 1 amide bonds. The van der Waals surface area contributed by atoms with Crippen LogP contribution >= 0.6 is 11.6 Å². The third-order valence-corrected chi connectivity index (χ3v) is 4.59. The van der Waals surface area contributed by atoms with Crippen molar-refractivity contribution in [3.63, 3.8) is 0 Å². The first-order valence-electron chi connectivity index (χ1n) is 8.00. The second kappa shape index (κ2) is 7.49. The predicted molar refractivity (Wildman–Crippen MR) is 97.7 cm³/mol. The third kappa shape index (κ3) is 4.06. The summed E-state index contributed by atoms with van der Waals surface area (Å²) in [6.45, 7) is 4.94. The van der Waals surface area contributed by atoms with Crippen molar-refractivity contribution >= 4 is 17.5 Å². The fourth-order valence-electron chi connectivity index (χ4n) is 2.55. The molecule has 0 saturated carbocycles. The summed E-state index contributed by atoms with van der Waals surface area (Å²) >= 11 is 6.18. The van der Waals surface area contributed by atoms with Crippen molar-refractivity contribution in [2.24, 2.45) is 0 Å². The summed E-state index contributed by atoms with van der Waals surface area (Å²) in [7, 11) is 0. The summed E-state index contributed by atoms with van der Waals surface area (Å²) in [4.78, 5) is 16.2. The van der Waals surface area contributed by atoms with Gasteiger partial charge in [0, 0.05) is 24.5 Å². The van der Waals surface area contributed by atoms with Crippen LogP contribution in [0.25, 0.3) is 0 Å². The van der Waals surface area contributed by atoms with Crippen LogP contribution in [0.15, 0.2) is 48.8 Å². The number of nitrogens with zero attached hydrogens (tertiary/aromatic N) is 3. The second-order valence-electron chi connectivity index (χ2n) is 5.88. The molecule has 0 bridgehead atoms. The highest BCUT2D eigenvalue weighted by atomic mass is 35.5. The highest BCUT2D eigenvalue weighted by molar-refractivity contribution is 6.31. The van der Waals surface area contributed by atoms with Gasteiger partial charge in [-0.3, -0.25) is 14.5 Å². The van der Waals surface area contributed by atoms with Crippen LogP contribution in [0.3, 0.4) is 0 Å². The van der Waals surface area contributed by atoms with E-state index in [9.17, 15) is 4.79 Å². The van der Waals surface area contributed by atoms with Gasteiger partial charge in [0.25, 0.3) is 5.91 Å². The van der Waals surface area contributed by atoms with Crippen molar-refractivity contribution in [1.29, 1.82) is 0 Å². The zero-order valence-corrected chi connectivity index (χ0v) is 14.9. The topological polar surface area (TPSA) is 59.8 Å². The normalized spacial score (nSPS) is 10.7. The summed E-state index contributed by atoms with van der Waals surface area (Å²) < 4.78 is 1.87. The molecular weight excluding hydrogens is 336 g/mol. The highest BCUT2D eigenvalue weighted by Gasteiger charge is 2.10. The van der Waals surface area contributed by atoms with Crippen molar-refractivity contribution < 1.29 is 4.79 Å². The number of nitrogens with one attached hydrogen (secondary N) is 1. The molecule has 0 saturated heterocycles. The molecule has 3 aromatic rings. The Morgan fingerprint density at radius 1 is 1.08 bits per heavy atom. The van der Waals surface area contributed by atoms with Crippen LogP contribution in [0.4, 0.5) is 0 Å². The number of halogens is 1. The second-order valence-corrected chi connectivity index (χ2v) is 6.26. The molecule has 25 heavy (non-hydrogen) atoms. The first-order valence-corrected chi connectivity index (χ1v) is 8.38. The summed E-state index contributed by atoms with van der Waals surface area (Å²) in [5.74, 6) is -0.0995. The largest absolute Gasteiger partial charge is 0.348 e. The Hall–Kier alpha value is -2.66. The van der Waals surface area contributed by atoms with Gasteiger partial charge in [-0.2, -0.15) is 5.10 Å². The zero-order chi connectivity index (χ0) is 17.8. The van der Waals surface area contributed by atoms with Crippen LogP contribution < -0.4 is 5.32 Å². The van der Waals surface area contributed by atoms with Gasteiger partial charge in [-0.1, -0.05) is 23.7 Å². The van der Waals surface area contributed by atoms with Crippen molar-refractivity contribution in [1.82, 2.24) is 20.1 Å². The molecular formula is C19H19ClN4O. The lowest BCUT2D eigenvalue weighted by Crippen LogP contribution is -2.22. The van der Waals surface area contributed by atoms with Gasteiger partial charge in [0.2, 0.25) is 0 Å². The van der Waals surface area contributed by atoms with Crippen LogP contribution in [-0.4, -0.2) is 20.7 Å². The Labute approximate surface area is 151 Å². The molecule has 2 aromatic heterocycles. The molecule has 0 unspecified atom stereocenters. The predicted octanol–water partition coefficient (Wildman–Crippen LogP) is 3.53. The summed E-state index contributed by atoms with van der Waals surface area (Å²) in [6.07, 6.45) is 3.42. The SMILES string of the molecule is Cc1nn(Cc2ccc(C(=O)NCc3ccncc3)cc2)c(C)c1Cl. The first-order chi connectivity index (χ1) is 12.0. The number of carbonyl (C=O) groups excluding carboxylic acids is 1. The molecule has 128 valence electrons. The van der Waals surface area contributed by atoms with Gasteiger partial charge in [-0.15, -0.1) is 0 Å². The minimum absolute atomic E-state index is 0.0995. The average Bonchev–Trinajstić information content (AvgIpc) is 2.88. The van der Waals surface area contributed by atoms with E-state index in [0.717, 1.165) is 22.5 Å². The van der Waals surface area contributed by atoms with E-state index in [-0.39, 0.29) is 5.91 Å². The van der Waals surface area contributed by atoms with E-state index in [4.69, 9.17) is 11.6 Å². The molecule has 6 heteroatoms. The fourth-order valence-corrected chi connectivity index (χ4v) is 2.68. The molecule has 3 rings (SSSR count). The molecule has 1 aromatic carbocycles. The Morgan fingerprint density at radius 3 is 2.36 bits per heavy atom. The number of hydrogen-bond acceptors (Lipinski definition) is 3.